The molecule has 0 amide bonds. The number of amidine groups is 1. The van der Waals surface area contributed by atoms with Gasteiger partial charge in [-0.15, -0.1) is 0 Å². The second-order valence-corrected chi connectivity index (χ2v) is 4.64. The summed E-state index contributed by atoms with van der Waals surface area (Å²) in [5.41, 5.74) is 1.46. The molecule has 2 aromatic carbocycles. The molecule has 0 aromatic heterocycles. The smallest absolute Gasteiger partial charge is 0.228 e. The van der Waals surface area contributed by atoms with Crippen molar-refractivity contribution in [3.05, 3.63) is 66.2 Å². The molecule has 0 unspecified atom stereocenters. The Kier molecular flexibility index (Phi) is 5.27. The van der Waals surface area contributed by atoms with Crippen LogP contribution in [-0.2, 0) is 0 Å². The highest BCUT2D eigenvalue weighted by molar-refractivity contribution is 6.45. The van der Waals surface area contributed by atoms with Crippen molar-refractivity contribution in [2.45, 2.75) is 13.8 Å². The number of carbonyl (C=O) groups excluding carboxylic acids is 1. The van der Waals surface area contributed by atoms with Gasteiger partial charge in [0, 0.05) is 18.7 Å². The van der Waals surface area contributed by atoms with Crippen molar-refractivity contribution in [1.29, 1.82) is 0 Å². The maximum Gasteiger partial charge on any atom is 0.228 e. The van der Waals surface area contributed by atoms with Gasteiger partial charge in [0.15, 0.2) is 5.84 Å². The standard InChI is InChI=1S/C18H20N2O/c1-3-20(4-2)18(19-16-13-9-6-10-14-16)17(21)15-11-7-5-8-12-15/h5-14H,3-4H2,1-2H3. The summed E-state index contributed by atoms with van der Waals surface area (Å²) in [6.45, 7) is 5.56. The lowest BCUT2D eigenvalue weighted by Crippen LogP contribution is -2.36. The summed E-state index contributed by atoms with van der Waals surface area (Å²) in [5.74, 6) is 0.459. The molecule has 3 nitrogen and oxygen atoms in total. The molecule has 0 spiro atoms. The lowest BCUT2D eigenvalue weighted by molar-refractivity contribution is 0.105. The van der Waals surface area contributed by atoms with Gasteiger partial charge in [0.05, 0.1) is 5.69 Å². The lowest BCUT2D eigenvalue weighted by Gasteiger charge is -2.22. The van der Waals surface area contributed by atoms with E-state index in [9.17, 15) is 4.79 Å². The van der Waals surface area contributed by atoms with Crippen LogP contribution < -0.4 is 0 Å². The molecule has 21 heavy (non-hydrogen) atoms. The normalized spacial score (nSPS) is 11.2. The van der Waals surface area contributed by atoms with E-state index in [1.165, 1.54) is 0 Å². The van der Waals surface area contributed by atoms with E-state index in [0.717, 1.165) is 18.8 Å². The third kappa shape index (κ3) is 3.78. The first-order valence-corrected chi connectivity index (χ1v) is 7.24. The molecule has 0 aliphatic rings. The number of hydrogen-bond acceptors (Lipinski definition) is 2. The summed E-state index contributed by atoms with van der Waals surface area (Å²) in [5, 5.41) is 0. The maximum absolute atomic E-state index is 12.7. The molecule has 0 atom stereocenters. The summed E-state index contributed by atoms with van der Waals surface area (Å²) in [7, 11) is 0. The molecule has 0 aliphatic heterocycles. The molecule has 0 aliphatic carbocycles. The summed E-state index contributed by atoms with van der Waals surface area (Å²) < 4.78 is 0. The first-order chi connectivity index (χ1) is 10.3. The van der Waals surface area contributed by atoms with Crippen LogP contribution in [0.3, 0.4) is 0 Å². The molecule has 108 valence electrons. The van der Waals surface area contributed by atoms with Crippen LogP contribution in [0.1, 0.15) is 24.2 Å². The third-order valence-corrected chi connectivity index (χ3v) is 3.29. The molecular formula is C18H20N2O. The number of hydrogen-bond donors (Lipinski definition) is 0. The molecule has 0 bridgehead atoms. The molecule has 0 radical (unpaired) electrons. The Hall–Kier alpha value is -2.42. The maximum atomic E-state index is 12.7. The molecule has 2 rings (SSSR count). The number of benzene rings is 2. The number of ketones is 1. The van der Waals surface area contributed by atoms with Gasteiger partial charge >= 0.3 is 0 Å². The summed E-state index contributed by atoms with van der Waals surface area (Å²) >= 11 is 0. The Labute approximate surface area is 125 Å². The number of rotatable bonds is 5. The number of aliphatic imine (C=N–C) groups is 1. The minimum absolute atomic E-state index is 0.0387. The minimum Gasteiger partial charge on any atom is -0.354 e. The largest absolute Gasteiger partial charge is 0.354 e. The van der Waals surface area contributed by atoms with Gasteiger partial charge < -0.3 is 4.90 Å². The topological polar surface area (TPSA) is 32.7 Å². The van der Waals surface area contributed by atoms with Crippen molar-refractivity contribution in [2.24, 2.45) is 4.99 Å². The molecular weight excluding hydrogens is 260 g/mol. The molecule has 2 aromatic rings. The van der Waals surface area contributed by atoms with Gasteiger partial charge in [-0.1, -0.05) is 48.5 Å². The van der Waals surface area contributed by atoms with E-state index in [1.54, 1.807) is 0 Å². The van der Waals surface area contributed by atoms with Crippen LogP contribution in [0.5, 0.6) is 0 Å². The summed E-state index contributed by atoms with van der Waals surface area (Å²) in [6, 6.07) is 18.9. The zero-order chi connectivity index (χ0) is 15.1. The van der Waals surface area contributed by atoms with E-state index >= 15 is 0 Å². The van der Waals surface area contributed by atoms with Gasteiger partial charge in [0.2, 0.25) is 5.78 Å². The van der Waals surface area contributed by atoms with Gasteiger partial charge in [-0.2, -0.15) is 0 Å². The Bertz CT molecular complexity index is 602. The van der Waals surface area contributed by atoms with Crippen LogP contribution in [0.25, 0.3) is 0 Å². The summed E-state index contributed by atoms with van der Waals surface area (Å²) in [4.78, 5) is 19.3. The number of para-hydroxylation sites is 1. The first-order valence-electron chi connectivity index (χ1n) is 7.24. The van der Waals surface area contributed by atoms with E-state index in [2.05, 4.69) is 4.99 Å². The Morgan fingerprint density at radius 2 is 1.43 bits per heavy atom. The van der Waals surface area contributed by atoms with E-state index in [4.69, 9.17) is 0 Å². The SMILES string of the molecule is CCN(CC)C(=Nc1ccccc1)C(=O)c1ccccc1. The van der Waals surface area contributed by atoms with Crippen molar-refractivity contribution in [3.8, 4) is 0 Å². The average molecular weight is 280 g/mol. The fourth-order valence-electron chi connectivity index (χ4n) is 2.13. The number of nitrogens with zero attached hydrogens (tertiary/aromatic N) is 2. The number of Topliss-reactive ketones (excluding diaryl/α,β-unsaturated/α-hetero) is 1. The van der Waals surface area contributed by atoms with Crippen LogP contribution in [0.15, 0.2) is 65.7 Å². The minimum atomic E-state index is -0.0387. The molecule has 3 heteroatoms. The van der Waals surface area contributed by atoms with Gasteiger partial charge in [0.1, 0.15) is 0 Å². The molecule has 0 heterocycles. The predicted molar refractivity (Wildman–Crippen MR) is 87.2 cm³/mol. The lowest BCUT2D eigenvalue weighted by atomic mass is 10.1. The van der Waals surface area contributed by atoms with Crippen molar-refractivity contribution in [3.63, 3.8) is 0 Å². The Morgan fingerprint density at radius 1 is 0.905 bits per heavy atom. The Morgan fingerprint density at radius 3 is 1.95 bits per heavy atom. The van der Waals surface area contributed by atoms with Crippen molar-refractivity contribution < 1.29 is 4.79 Å². The highest BCUT2D eigenvalue weighted by atomic mass is 16.1. The van der Waals surface area contributed by atoms with Gasteiger partial charge in [-0.05, 0) is 26.0 Å². The molecule has 0 saturated heterocycles. The second-order valence-electron chi connectivity index (χ2n) is 4.64. The zero-order valence-electron chi connectivity index (χ0n) is 12.5. The second kappa shape index (κ2) is 7.39. The van der Waals surface area contributed by atoms with Crippen LogP contribution in [0.2, 0.25) is 0 Å². The van der Waals surface area contributed by atoms with E-state index in [-0.39, 0.29) is 5.78 Å². The average Bonchev–Trinajstić information content (AvgIpc) is 2.56. The van der Waals surface area contributed by atoms with E-state index < -0.39 is 0 Å². The molecule has 0 N–H and O–H groups in total. The van der Waals surface area contributed by atoms with Crippen LogP contribution >= 0.6 is 0 Å². The van der Waals surface area contributed by atoms with E-state index in [1.807, 2.05) is 79.4 Å². The first kappa shape index (κ1) is 15.0. The van der Waals surface area contributed by atoms with Crippen LogP contribution in [-0.4, -0.2) is 29.6 Å². The monoisotopic (exact) mass is 280 g/mol. The fraction of sp³-hybridized carbons (Fsp3) is 0.222. The molecule has 0 saturated carbocycles. The fourth-order valence-corrected chi connectivity index (χ4v) is 2.13. The van der Waals surface area contributed by atoms with Gasteiger partial charge in [-0.3, -0.25) is 4.79 Å². The number of carbonyl (C=O) groups is 1. The highest BCUT2D eigenvalue weighted by Crippen LogP contribution is 2.14. The van der Waals surface area contributed by atoms with Crippen LogP contribution in [0, 0.1) is 0 Å². The number of likely N-dealkylation sites (N-methyl/N-ethyl adjacent to an activating group) is 1. The van der Waals surface area contributed by atoms with Crippen molar-refractivity contribution >= 4 is 17.3 Å². The van der Waals surface area contributed by atoms with E-state index in [0.29, 0.717) is 11.4 Å². The summed E-state index contributed by atoms with van der Waals surface area (Å²) in [6.07, 6.45) is 0. The third-order valence-electron chi connectivity index (χ3n) is 3.29. The van der Waals surface area contributed by atoms with Crippen molar-refractivity contribution in [1.82, 2.24) is 4.90 Å². The quantitative estimate of drug-likeness (QED) is 0.472. The predicted octanol–water partition coefficient (Wildman–Crippen LogP) is 3.94. The highest BCUT2D eigenvalue weighted by Gasteiger charge is 2.18. The van der Waals surface area contributed by atoms with Gasteiger partial charge in [0.25, 0.3) is 0 Å². The van der Waals surface area contributed by atoms with Gasteiger partial charge in [-0.25, -0.2) is 4.99 Å². The molecule has 0 fully saturated rings. The van der Waals surface area contributed by atoms with Crippen molar-refractivity contribution in [2.75, 3.05) is 13.1 Å². The Balaban J connectivity index is 2.42. The van der Waals surface area contributed by atoms with Crippen LogP contribution in [0.4, 0.5) is 5.69 Å². The zero-order valence-corrected chi connectivity index (χ0v) is 12.5.